The second-order valence-electron chi connectivity index (χ2n) is 32.0. The van der Waals surface area contributed by atoms with Crippen molar-refractivity contribution < 1.29 is 61.3 Å². The number of anilines is 1. The van der Waals surface area contributed by atoms with Crippen molar-refractivity contribution in [1.29, 1.82) is 0 Å². The van der Waals surface area contributed by atoms with E-state index in [0.717, 1.165) is 118 Å². The number of aryl methyl sites for hydroxylation is 2. The number of unbranched alkanes of at least 4 members (excludes halogenated alkanes) is 1. The summed E-state index contributed by atoms with van der Waals surface area (Å²) in [5.74, 6) is -1.98. The summed E-state index contributed by atoms with van der Waals surface area (Å²) < 4.78 is 58.1. The van der Waals surface area contributed by atoms with Crippen molar-refractivity contribution in [1.82, 2.24) is 39.9 Å². The zero-order valence-electron chi connectivity index (χ0n) is 74.5. The number of ether oxygens (including phenoxy) is 3. The summed E-state index contributed by atoms with van der Waals surface area (Å²) in [7, 11) is 3.20. The molecule has 12 aromatic rings. The number of amides is 5. The minimum atomic E-state index is -1.13. The van der Waals surface area contributed by atoms with Crippen molar-refractivity contribution in [2.75, 3.05) is 72.0 Å². The van der Waals surface area contributed by atoms with Gasteiger partial charge in [0.1, 0.15) is 17.5 Å². The van der Waals surface area contributed by atoms with Crippen LogP contribution in [0.1, 0.15) is 159 Å². The van der Waals surface area contributed by atoms with Crippen LogP contribution in [-0.4, -0.2) is 142 Å². The summed E-state index contributed by atoms with van der Waals surface area (Å²) in [5.41, 5.74) is 27.4. The van der Waals surface area contributed by atoms with Gasteiger partial charge in [-0.15, -0.1) is 0 Å². The smallest absolute Gasteiger partial charge is 0.305 e. The first-order valence-corrected chi connectivity index (χ1v) is 43.3. The highest BCUT2D eigenvalue weighted by molar-refractivity contribution is 6.06. The molecule has 4 heterocycles. The minimum absolute atomic E-state index is 0.0124. The van der Waals surface area contributed by atoms with Crippen LogP contribution in [0.25, 0.3) is 44.8 Å². The van der Waals surface area contributed by atoms with Gasteiger partial charge in [-0.25, -0.2) is 13.2 Å². The lowest BCUT2D eigenvalue weighted by molar-refractivity contribution is -0.137. The number of fused-ring (bicyclic) bond motifs is 2. The third-order valence-corrected chi connectivity index (χ3v) is 21.5. The summed E-state index contributed by atoms with van der Waals surface area (Å²) in [6, 6.07) is 70.0. The minimum Gasteiger partial charge on any atom is -0.493 e. The summed E-state index contributed by atoms with van der Waals surface area (Å²) in [4.78, 5) is 97.8. The Labute approximate surface area is 754 Å². The number of nitrogens with zero attached hydrogens (tertiary/aromatic N) is 7. The molecular formula is C105H114F3N11O10. The molecule has 13 rings (SSSR count). The first-order chi connectivity index (χ1) is 62.3. The van der Waals surface area contributed by atoms with E-state index in [1.807, 2.05) is 103 Å². The maximum absolute atomic E-state index is 14.3. The van der Waals surface area contributed by atoms with Gasteiger partial charge in [-0.3, -0.25) is 43.7 Å². The third kappa shape index (κ3) is 28.4. The van der Waals surface area contributed by atoms with Gasteiger partial charge in [0.15, 0.2) is 11.5 Å². The number of pyridine rings is 3. The molecule has 0 aliphatic carbocycles. The molecule has 670 valence electrons. The van der Waals surface area contributed by atoms with Gasteiger partial charge in [0.2, 0.25) is 5.75 Å². The molecule has 2 bridgehead atoms. The number of benzene rings is 9. The number of halogens is 3. The molecule has 7 N–H and O–H groups in total. The van der Waals surface area contributed by atoms with Gasteiger partial charge < -0.3 is 61.0 Å². The number of nitrogens with two attached hydrogens (primary N) is 2. The molecule has 1 aliphatic rings. The molecule has 0 fully saturated rings. The van der Waals surface area contributed by atoms with Crippen LogP contribution in [0.3, 0.4) is 0 Å². The number of aromatic nitrogens is 3. The molecule has 129 heavy (non-hydrogen) atoms. The Morgan fingerprint density at radius 2 is 1.15 bits per heavy atom. The number of allylic oxidation sites excluding steroid dienone is 1. The number of rotatable bonds is 32. The van der Waals surface area contributed by atoms with E-state index in [0.29, 0.717) is 116 Å². The van der Waals surface area contributed by atoms with Crippen LogP contribution in [0.15, 0.2) is 274 Å². The Balaban J connectivity index is 0.000000180. The average Bonchev–Trinajstić information content (AvgIpc) is 0.794. The summed E-state index contributed by atoms with van der Waals surface area (Å²) in [6.07, 6.45) is 11.7. The van der Waals surface area contributed by atoms with E-state index < -0.39 is 23.5 Å². The molecular weight excluding hydrogens is 1630 g/mol. The van der Waals surface area contributed by atoms with Crippen molar-refractivity contribution in [2.45, 2.75) is 113 Å². The predicted molar refractivity (Wildman–Crippen MR) is 502 cm³/mol. The number of hydrogen-bond donors (Lipinski definition) is 5. The molecule has 9 aromatic carbocycles. The van der Waals surface area contributed by atoms with E-state index in [-0.39, 0.29) is 65.5 Å². The topological polar surface area (TPSA) is 278 Å². The van der Waals surface area contributed by atoms with Crippen molar-refractivity contribution >= 4 is 41.2 Å². The van der Waals surface area contributed by atoms with Crippen LogP contribution in [0.5, 0.6) is 17.2 Å². The second kappa shape index (κ2) is 48.6. The lowest BCUT2D eigenvalue weighted by Crippen LogP contribution is -2.41. The van der Waals surface area contributed by atoms with Gasteiger partial charge in [0.25, 0.3) is 29.5 Å². The quantitative estimate of drug-likeness (QED) is 0.0245. The number of carboxylic acid groups (broad SMARTS) is 1. The first-order valence-electron chi connectivity index (χ1n) is 43.3. The normalized spacial score (nSPS) is 11.6. The summed E-state index contributed by atoms with van der Waals surface area (Å²) in [6.45, 7) is 20.8. The number of carbonyl (C=O) groups is 6. The van der Waals surface area contributed by atoms with Crippen LogP contribution in [0, 0.1) is 22.9 Å². The van der Waals surface area contributed by atoms with Crippen molar-refractivity contribution in [2.24, 2.45) is 16.9 Å². The second-order valence-corrected chi connectivity index (χ2v) is 32.0. The fourth-order valence-electron chi connectivity index (χ4n) is 14.4. The van der Waals surface area contributed by atoms with Gasteiger partial charge in [-0.2, -0.15) is 0 Å². The van der Waals surface area contributed by atoms with Gasteiger partial charge in [0, 0.05) is 146 Å². The van der Waals surface area contributed by atoms with Crippen molar-refractivity contribution in [3.63, 3.8) is 0 Å². The molecule has 0 unspecified atom stereocenters. The molecule has 5 amide bonds. The zero-order valence-corrected chi connectivity index (χ0v) is 74.5. The van der Waals surface area contributed by atoms with Crippen LogP contribution in [-0.2, 0) is 43.8 Å². The van der Waals surface area contributed by atoms with Gasteiger partial charge in [-0.1, -0.05) is 187 Å². The van der Waals surface area contributed by atoms with Gasteiger partial charge >= 0.3 is 5.97 Å². The summed E-state index contributed by atoms with van der Waals surface area (Å²) >= 11 is 0. The molecule has 24 heteroatoms. The number of nitrogens with one attached hydrogen (secondary N) is 2. The molecule has 3 aromatic heterocycles. The lowest BCUT2D eigenvalue weighted by Gasteiger charge is -2.32. The van der Waals surface area contributed by atoms with E-state index in [9.17, 15) is 47.0 Å². The van der Waals surface area contributed by atoms with Crippen LogP contribution < -0.4 is 36.3 Å². The summed E-state index contributed by atoms with van der Waals surface area (Å²) in [5, 5.41) is 15.3. The Morgan fingerprint density at radius 1 is 0.574 bits per heavy atom. The molecule has 0 saturated carbocycles. The fourth-order valence-corrected chi connectivity index (χ4v) is 14.4. The first kappa shape index (κ1) is 97.1. The van der Waals surface area contributed by atoms with Crippen molar-refractivity contribution in [3.8, 4) is 62.0 Å². The van der Waals surface area contributed by atoms with E-state index in [1.54, 1.807) is 123 Å². The molecule has 0 atom stereocenters. The maximum atomic E-state index is 14.3. The monoisotopic (exact) mass is 1750 g/mol. The van der Waals surface area contributed by atoms with Gasteiger partial charge in [-0.05, 0) is 193 Å². The van der Waals surface area contributed by atoms with Crippen LogP contribution in [0.4, 0.5) is 18.9 Å². The predicted octanol–water partition coefficient (Wildman–Crippen LogP) is 19.8. The third-order valence-electron chi connectivity index (χ3n) is 21.5. The molecule has 21 nitrogen and oxygen atoms in total. The lowest BCUT2D eigenvalue weighted by atomic mass is 9.92. The number of hydrogen-bond acceptors (Lipinski definition) is 15. The largest absolute Gasteiger partial charge is 0.493 e. The highest BCUT2D eigenvalue weighted by atomic mass is 19.1. The number of carbonyl (C=O) groups excluding carboxylic acids is 5. The SMILES string of the molecule is C=C(C)Nc1ccc(CN(CC(C)(C)CN)C(=O)c2ccnc(-c3ccc(CC)cc3)c2)cc1.CCCCNC(=O)c1ccccc1-c1ccccc1C(=O)N(CCC(=O)O)Cc1cc(F)ccc1F.CCc1ccc(-c2cc(C(=O)N3CCCCOc4cc(cc(OC)c4OC)C3)ccn2)cc1.NCCN(Cc1ccccc1)C(=O)c1cncc(-c2ccc(F)cc2)c1. The number of methoxy groups -OCH3 is 2. The molecule has 0 saturated heterocycles. The van der Waals surface area contributed by atoms with E-state index in [2.05, 4.69) is 108 Å². The Bertz CT molecular complexity index is 5750. The molecule has 0 spiro atoms. The Morgan fingerprint density at radius 3 is 1.76 bits per heavy atom. The maximum Gasteiger partial charge on any atom is 0.305 e. The van der Waals surface area contributed by atoms with E-state index in [4.69, 9.17) is 25.7 Å². The van der Waals surface area contributed by atoms with Crippen molar-refractivity contribution in [3.05, 3.63) is 352 Å². The van der Waals surface area contributed by atoms with E-state index >= 15 is 0 Å². The fraction of sp³-hybridized carbons (Fsp3) is 0.267. The Kier molecular flexibility index (Phi) is 36.6. The van der Waals surface area contributed by atoms with Crippen LogP contribution >= 0.6 is 0 Å². The number of carboxylic acids is 1. The highest BCUT2D eigenvalue weighted by Gasteiger charge is 2.29. The van der Waals surface area contributed by atoms with Crippen LogP contribution in [0.2, 0.25) is 0 Å². The standard InChI is InChI=1S/C29H36N4O.C28H28F2N2O4.C27H30N2O4.C21H20FN3O/c1-6-22-7-11-24(12-8-22)27-17-25(15-16-31-27)28(34)33(20-29(4,5)19-30)18-23-9-13-26(14-10-23)32-21(2)3;1-2-3-15-31-27(35)23-10-6-4-8-21(23)22-9-5-7-11-24(22)28(36)32(16-14-26(33)34)18-19-17-20(29)12-13-25(19)30;1-4-19-7-9-21(10-8-19)23-17-22(11-12-28-23)27(30)29-13-5-6-14-33-25-16-20(18-29)15-24(31-2)26(25)32-3;22-20-8-6-17(7-9-20)18-12-19(14-24-13-18)21(26)25(11-10-23)15-16-4-2-1-3-5-16/h7-17,32H,2,6,18-20,30H2,1,3-5H3;4-13,17H,2-3,14-16,18H2,1H3,(H,31,35)(H,33,34);7-12,15-17H,4-6,13-14,18H2,1-3H3;1-9,12-14H,10-11,15,23H2. The van der Waals surface area contributed by atoms with Gasteiger partial charge in [0.05, 0.1) is 44.2 Å². The average molecular weight is 1750 g/mol. The Hall–Kier alpha value is -14.1. The molecule has 0 radical (unpaired) electrons. The molecule has 1 aliphatic heterocycles. The van der Waals surface area contributed by atoms with E-state index in [1.165, 1.54) is 28.2 Å². The number of aliphatic carboxylic acids is 1. The highest BCUT2D eigenvalue weighted by Crippen LogP contribution is 2.40. The zero-order chi connectivity index (χ0) is 92.4.